The van der Waals surface area contributed by atoms with E-state index < -0.39 is 6.10 Å². The number of nitrogens with zero attached hydrogens (tertiary/aromatic N) is 4. The second kappa shape index (κ2) is 6.08. The number of aliphatic hydroxyl groups is 1. The number of likely N-dealkylation sites (N-methyl/N-ethyl adjacent to an activating group) is 1. The molecule has 2 aromatic rings. The fourth-order valence-corrected chi connectivity index (χ4v) is 1.47. The van der Waals surface area contributed by atoms with Crippen LogP contribution in [-0.2, 0) is 0 Å². The third-order valence-corrected chi connectivity index (χ3v) is 2.29. The standard InChI is InChI=1S/C11H15N5O2/c1-12-7-10(17)8-18-11-13-14-15-16(11)9-5-3-2-4-6-9/h2-6,10,12,17H,7-8H2,1H3. The first-order chi connectivity index (χ1) is 8.81. The zero-order valence-corrected chi connectivity index (χ0v) is 10.0. The second-order valence-corrected chi connectivity index (χ2v) is 3.73. The van der Waals surface area contributed by atoms with Gasteiger partial charge in [-0.3, -0.25) is 0 Å². The minimum Gasteiger partial charge on any atom is -0.459 e. The van der Waals surface area contributed by atoms with Crippen molar-refractivity contribution in [3.8, 4) is 11.7 Å². The maximum atomic E-state index is 9.54. The third-order valence-electron chi connectivity index (χ3n) is 2.29. The summed E-state index contributed by atoms with van der Waals surface area (Å²) in [5.41, 5.74) is 0.806. The Morgan fingerprint density at radius 3 is 2.89 bits per heavy atom. The number of hydrogen-bond acceptors (Lipinski definition) is 6. The van der Waals surface area contributed by atoms with Crippen molar-refractivity contribution in [1.29, 1.82) is 0 Å². The number of aromatic nitrogens is 4. The fourth-order valence-electron chi connectivity index (χ4n) is 1.47. The Bertz CT molecular complexity index is 473. The van der Waals surface area contributed by atoms with E-state index in [0.717, 1.165) is 5.69 Å². The van der Waals surface area contributed by atoms with Gasteiger partial charge in [0, 0.05) is 6.54 Å². The van der Waals surface area contributed by atoms with E-state index >= 15 is 0 Å². The topological polar surface area (TPSA) is 85.1 Å². The van der Waals surface area contributed by atoms with Crippen LogP contribution in [0, 0.1) is 0 Å². The average Bonchev–Trinajstić information content (AvgIpc) is 2.86. The number of tetrazole rings is 1. The molecule has 1 atom stereocenters. The summed E-state index contributed by atoms with van der Waals surface area (Å²) in [7, 11) is 1.76. The van der Waals surface area contributed by atoms with E-state index in [-0.39, 0.29) is 12.6 Å². The second-order valence-electron chi connectivity index (χ2n) is 3.73. The van der Waals surface area contributed by atoms with Crippen molar-refractivity contribution >= 4 is 0 Å². The highest BCUT2D eigenvalue weighted by Gasteiger charge is 2.11. The molecule has 7 heteroatoms. The first-order valence-electron chi connectivity index (χ1n) is 5.60. The summed E-state index contributed by atoms with van der Waals surface area (Å²) in [5.74, 6) is 0. The molecule has 0 aliphatic heterocycles. The van der Waals surface area contributed by atoms with Gasteiger partial charge in [-0.1, -0.05) is 23.3 Å². The molecule has 0 saturated heterocycles. The molecule has 0 saturated carbocycles. The van der Waals surface area contributed by atoms with Gasteiger partial charge in [0.15, 0.2) is 0 Å². The number of ether oxygens (including phenoxy) is 1. The van der Waals surface area contributed by atoms with E-state index in [2.05, 4.69) is 20.8 Å². The molecule has 18 heavy (non-hydrogen) atoms. The van der Waals surface area contributed by atoms with Crippen LogP contribution in [0.2, 0.25) is 0 Å². The molecule has 1 heterocycles. The van der Waals surface area contributed by atoms with Gasteiger partial charge in [0.05, 0.1) is 5.69 Å². The first-order valence-corrected chi connectivity index (χ1v) is 5.60. The predicted octanol–water partition coefficient (Wildman–Crippen LogP) is -0.379. The van der Waals surface area contributed by atoms with Crippen LogP contribution in [0.4, 0.5) is 0 Å². The average molecular weight is 249 g/mol. The first kappa shape index (κ1) is 12.5. The largest absolute Gasteiger partial charge is 0.459 e. The number of para-hydroxylation sites is 1. The Morgan fingerprint density at radius 1 is 1.39 bits per heavy atom. The van der Waals surface area contributed by atoms with Crippen LogP contribution in [0.3, 0.4) is 0 Å². The van der Waals surface area contributed by atoms with Gasteiger partial charge in [0.25, 0.3) is 0 Å². The Hall–Kier alpha value is -1.99. The van der Waals surface area contributed by atoms with E-state index in [1.54, 1.807) is 7.05 Å². The van der Waals surface area contributed by atoms with Crippen molar-refractivity contribution in [2.24, 2.45) is 0 Å². The fraction of sp³-hybridized carbons (Fsp3) is 0.364. The smallest absolute Gasteiger partial charge is 0.340 e. The molecule has 2 N–H and O–H groups in total. The van der Waals surface area contributed by atoms with Gasteiger partial charge in [-0.25, -0.2) is 0 Å². The lowest BCUT2D eigenvalue weighted by Crippen LogP contribution is -2.29. The number of nitrogens with one attached hydrogen (secondary N) is 1. The number of rotatable bonds is 6. The highest BCUT2D eigenvalue weighted by Crippen LogP contribution is 2.12. The maximum absolute atomic E-state index is 9.54. The van der Waals surface area contributed by atoms with Crippen molar-refractivity contribution in [3.05, 3.63) is 30.3 Å². The summed E-state index contributed by atoms with van der Waals surface area (Å²) < 4.78 is 6.86. The molecule has 1 aromatic heterocycles. The highest BCUT2D eigenvalue weighted by molar-refractivity contribution is 5.31. The Balaban J connectivity index is 2.05. The molecular formula is C11H15N5O2. The van der Waals surface area contributed by atoms with Crippen LogP contribution in [0.25, 0.3) is 5.69 Å². The van der Waals surface area contributed by atoms with Crippen molar-refractivity contribution in [1.82, 2.24) is 25.5 Å². The predicted molar refractivity (Wildman–Crippen MR) is 64.6 cm³/mol. The number of benzene rings is 1. The summed E-state index contributed by atoms with van der Waals surface area (Å²) in [6.45, 7) is 0.584. The Kier molecular flexibility index (Phi) is 4.21. The van der Waals surface area contributed by atoms with E-state index in [1.165, 1.54) is 4.68 Å². The quantitative estimate of drug-likeness (QED) is 0.726. The van der Waals surface area contributed by atoms with Gasteiger partial charge in [0.1, 0.15) is 12.7 Å². The molecule has 0 amide bonds. The lowest BCUT2D eigenvalue weighted by molar-refractivity contribution is 0.101. The summed E-state index contributed by atoms with van der Waals surface area (Å²) >= 11 is 0. The number of aliphatic hydroxyl groups excluding tert-OH is 1. The molecule has 0 fully saturated rings. The third kappa shape index (κ3) is 3.02. The minimum absolute atomic E-state index is 0.133. The molecule has 1 unspecified atom stereocenters. The monoisotopic (exact) mass is 249 g/mol. The van der Waals surface area contributed by atoms with Gasteiger partial charge < -0.3 is 15.2 Å². The molecule has 0 radical (unpaired) electrons. The van der Waals surface area contributed by atoms with Gasteiger partial charge in [-0.2, -0.15) is 4.68 Å². The minimum atomic E-state index is -0.601. The van der Waals surface area contributed by atoms with Gasteiger partial charge in [-0.05, 0) is 29.6 Å². The zero-order chi connectivity index (χ0) is 12.8. The van der Waals surface area contributed by atoms with E-state index in [9.17, 15) is 5.11 Å². The Morgan fingerprint density at radius 2 is 2.17 bits per heavy atom. The van der Waals surface area contributed by atoms with Crippen LogP contribution in [0.5, 0.6) is 6.01 Å². The van der Waals surface area contributed by atoms with Crippen molar-refractivity contribution in [2.45, 2.75) is 6.10 Å². The Labute approximate surface area is 104 Å². The SMILES string of the molecule is CNCC(O)COc1nnnn1-c1ccccc1. The van der Waals surface area contributed by atoms with Crippen LogP contribution >= 0.6 is 0 Å². The van der Waals surface area contributed by atoms with Gasteiger partial charge in [-0.15, -0.1) is 0 Å². The van der Waals surface area contributed by atoms with Gasteiger partial charge >= 0.3 is 6.01 Å². The maximum Gasteiger partial charge on any atom is 0.340 e. The van der Waals surface area contributed by atoms with Crippen LogP contribution < -0.4 is 10.1 Å². The van der Waals surface area contributed by atoms with E-state index in [1.807, 2.05) is 30.3 Å². The molecule has 1 aromatic carbocycles. The molecule has 7 nitrogen and oxygen atoms in total. The van der Waals surface area contributed by atoms with Crippen LogP contribution in [0.15, 0.2) is 30.3 Å². The van der Waals surface area contributed by atoms with Crippen molar-refractivity contribution in [2.75, 3.05) is 20.2 Å². The molecule has 0 bridgehead atoms. The molecule has 0 aliphatic carbocycles. The van der Waals surface area contributed by atoms with Crippen molar-refractivity contribution < 1.29 is 9.84 Å². The molecule has 2 rings (SSSR count). The van der Waals surface area contributed by atoms with Gasteiger partial charge in [0.2, 0.25) is 0 Å². The molecular weight excluding hydrogens is 234 g/mol. The molecule has 0 spiro atoms. The lowest BCUT2D eigenvalue weighted by atomic mass is 10.3. The van der Waals surface area contributed by atoms with E-state index in [4.69, 9.17) is 4.74 Å². The van der Waals surface area contributed by atoms with E-state index in [0.29, 0.717) is 6.54 Å². The van der Waals surface area contributed by atoms with Crippen molar-refractivity contribution in [3.63, 3.8) is 0 Å². The van der Waals surface area contributed by atoms with Crippen LogP contribution in [0.1, 0.15) is 0 Å². The summed E-state index contributed by atoms with van der Waals surface area (Å²) in [6, 6.07) is 9.68. The summed E-state index contributed by atoms with van der Waals surface area (Å²) in [5, 5.41) is 23.6. The molecule has 0 aliphatic rings. The zero-order valence-electron chi connectivity index (χ0n) is 10.0. The lowest BCUT2D eigenvalue weighted by Gasteiger charge is -2.10. The van der Waals surface area contributed by atoms with Crippen LogP contribution in [-0.4, -0.2) is 51.6 Å². The summed E-state index contributed by atoms with van der Waals surface area (Å²) in [6.07, 6.45) is -0.601. The number of hydrogen-bond donors (Lipinski definition) is 2. The normalized spacial score (nSPS) is 12.3. The highest BCUT2D eigenvalue weighted by atomic mass is 16.5. The summed E-state index contributed by atoms with van der Waals surface area (Å²) in [4.78, 5) is 0. The molecule has 96 valence electrons.